The van der Waals surface area contributed by atoms with Crippen LogP contribution in [0.15, 0.2) is 54.6 Å². The molecule has 0 aliphatic carbocycles. The largest absolute Gasteiger partial charge is 0.351 e. The van der Waals surface area contributed by atoms with Gasteiger partial charge in [-0.15, -0.1) is 0 Å². The molecule has 1 aliphatic heterocycles. The molecule has 104 valence electrons. The number of carbonyl (C=O) groups is 1. The Morgan fingerprint density at radius 2 is 1.86 bits per heavy atom. The van der Waals surface area contributed by atoms with E-state index in [1.165, 1.54) is 5.56 Å². The van der Waals surface area contributed by atoms with Crippen molar-refractivity contribution < 1.29 is 4.79 Å². The standard InChI is InChI=1S/C18H16N2O/c21-18(16-12-14-7-1-3-9-15(14)19-16)20-11-5-8-13-6-2-4-10-17(13)20/h1-4,6-7,9-10,12,19H,5,8,11H2. The Bertz CT molecular complexity index is 786. The maximum Gasteiger partial charge on any atom is 0.274 e. The molecule has 1 amide bonds. The van der Waals surface area contributed by atoms with Gasteiger partial charge in [0.1, 0.15) is 5.69 Å². The fraction of sp³-hybridized carbons (Fsp3) is 0.167. The first-order chi connectivity index (χ1) is 10.3. The van der Waals surface area contributed by atoms with Gasteiger partial charge in [-0.2, -0.15) is 0 Å². The maximum absolute atomic E-state index is 12.8. The molecule has 0 unspecified atom stereocenters. The van der Waals surface area contributed by atoms with Gasteiger partial charge < -0.3 is 9.88 Å². The molecule has 0 fully saturated rings. The van der Waals surface area contributed by atoms with Crippen LogP contribution in [-0.2, 0) is 6.42 Å². The van der Waals surface area contributed by atoms with E-state index in [9.17, 15) is 4.79 Å². The van der Waals surface area contributed by atoms with Crippen molar-refractivity contribution >= 4 is 22.5 Å². The number of hydrogen-bond acceptors (Lipinski definition) is 1. The molecule has 3 heteroatoms. The van der Waals surface area contributed by atoms with Crippen LogP contribution >= 0.6 is 0 Å². The number of aromatic nitrogens is 1. The van der Waals surface area contributed by atoms with Crippen LogP contribution in [0.3, 0.4) is 0 Å². The lowest BCUT2D eigenvalue weighted by atomic mass is 10.0. The van der Waals surface area contributed by atoms with E-state index >= 15 is 0 Å². The van der Waals surface area contributed by atoms with E-state index in [4.69, 9.17) is 0 Å². The fourth-order valence-electron chi connectivity index (χ4n) is 3.08. The second-order valence-corrected chi connectivity index (χ2v) is 5.46. The average Bonchev–Trinajstić information content (AvgIpc) is 2.97. The lowest BCUT2D eigenvalue weighted by molar-refractivity contribution is 0.0981. The third kappa shape index (κ3) is 2.02. The molecule has 21 heavy (non-hydrogen) atoms. The summed E-state index contributed by atoms with van der Waals surface area (Å²) < 4.78 is 0. The van der Waals surface area contributed by atoms with Gasteiger partial charge in [-0.25, -0.2) is 0 Å². The van der Waals surface area contributed by atoms with Crippen LogP contribution in [0.1, 0.15) is 22.5 Å². The van der Waals surface area contributed by atoms with E-state index in [1.54, 1.807) is 0 Å². The van der Waals surface area contributed by atoms with Crippen LogP contribution < -0.4 is 4.90 Å². The molecule has 4 rings (SSSR count). The number of H-pyrrole nitrogens is 1. The summed E-state index contributed by atoms with van der Waals surface area (Å²) in [6.45, 7) is 0.783. The van der Waals surface area contributed by atoms with Gasteiger partial charge in [0.25, 0.3) is 5.91 Å². The predicted octanol–water partition coefficient (Wildman–Crippen LogP) is 3.76. The van der Waals surface area contributed by atoms with Gasteiger partial charge in [0.05, 0.1) is 0 Å². The van der Waals surface area contributed by atoms with Crippen molar-refractivity contribution in [1.29, 1.82) is 0 Å². The number of rotatable bonds is 1. The Hall–Kier alpha value is -2.55. The Balaban J connectivity index is 1.75. The third-order valence-corrected chi connectivity index (χ3v) is 4.12. The van der Waals surface area contributed by atoms with Crippen molar-refractivity contribution in [3.05, 3.63) is 65.9 Å². The number of nitrogens with zero attached hydrogens (tertiary/aromatic N) is 1. The Kier molecular flexibility index (Phi) is 2.78. The monoisotopic (exact) mass is 276 g/mol. The molecule has 2 heterocycles. The van der Waals surface area contributed by atoms with Gasteiger partial charge in [0.15, 0.2) is 0 Å². The second-order valence-electron chi connectivity index (χ2n) is 5.46. The SMILES string of the molecule is O=C(c1cc2ccccc2[nH]1)N1CCCc2ccccc21. The normalized spacial score (nSPS) is 14.2. The van der Waals surface area contributed by atoms with Crippen molar-refractivity contribution in [3.8, 4) is 0 Å². The van der Waals surface area contributed by atoms with Gasteiger partial charge in [-0.1, -0.05) is 36.4 Å². The molecule has 0 saturated heterocycles. The van der Waals surface area contributed by atoms with Crippen molar-refractivity contribution in [1.82, 2.24) is 4.98 Å². The quantitative estimate of drug-likeness (QED) is 0.721. The first-order valence-corrected chi connectivity index (χ1v) is 7.30. The minimum absolute atomic E-state index is 0.0540. The number of fused-ring (bicyclic) bond motifs is 2. The molecule has 0 saturated carbocycles. The number of benzene rings is 2. The molecular weight excluding hydrogens is 260 g/mol. The Morgan fingerprint density at radius 1 is 1.05 bits per heavy atom. The zero-order valence-corrected chi connectivity index (χ0v) is 11.7. The van der Waals surface area contributed by atoms with Crippen molar-refractivity contribution in [2.24, 2.45) is 0 Å². The van der Waals surface area contributed by atoms with Crippen molar-refractivity contribution in [2.45, 2.75) is 12.8 Å². The highest BCUT2D eigenvalue weighted by molar-refractivity contribution is 6.08. The van der Waals surface area contributed by atoms with Gasteiger partial charge in [0.2, 0.25) is 0 Å². The molecule has 0 bridgehead atoms. The zero-order chi connectivity index (χ0) is 14.2. The van der Waals surface area contributed by atoms with Gasteiger partial charge in [-0.05, 0) is 36.6 Å². The minimum Gasteiger partial charge on any atom is -0.351 e. The number of nitrogens with one attached hydrogen (secondary N) is 1. The van der Waals surface area contributed by atoms with Crippen LogP contribution in [0.25, 0.3) is 10.9 Å². The lowest BCUT2D eigenvalue weighted by Crippen LogP contribution is -2.35. The van der Waals surface area contributed by atoms with Gasteiger partial charge >= 0.3 is 0 Å². The summed E-state index contributed by atoms with van der Waals surface area (Å²) in [6.07, 6.45) is 2.07. The number of carbonyl (C=O) groups excluding carboxylic acids is 1. The van der Waals surface area contributed by atoms with Crippen LogP contribution in [-0.4, -0.2) is 17.4 Å². The lowest BCUT2D eigenvalue weighted by Gasteiger charge is -2.29. The summed E-state index contributed by atoms with van der Waals surface area (Å²) in [6, 6.07) is 18.1. The first kappa shape index (κ1) is 12.2. The summed E-state index contributed by atoms with van der Waals surface area (Å²) in [4.78, 5) is 18.0. The van der Waals surface area contributed by atoms with E-state index in [1.807, 2.05) is 53.4 Å². The Morgan fingerprint density at radius 3 is 2.76 bits per heavy atom. The van der Waals surface area contributed by atoms with E-state index in [2.05, 4.69) is 11.1 Å². The molecule has 1 aliphatic rings. The van der Waals surface area contributed by atoms with Crippen LogP contribution in [0.2, 0.25) is 0 Å². The van der Waals surface area contributed by atoms with E-state index in [0.717, 1.165) is 36.0 Å². The minimum atomic E-state index is 0.0540. The summed E-state index contributed by atoms with van der Waals surface area (Å²) in [5, 5.41) is 1.08. The molecular formula is C18H16N2O. The molecule has 3 nitrogen and oxygen atoms in total. The summed E-state index contributed by atoms with van der Waals surface area (Å²) in [5.74, 6) is 0.0540. The highest BCUT2D eigenvalue weighted by Gasteiger charge is 2.24. The van der Waals surface area contributed by atoms with Gasteiger partial charge in [-0.3, -0.25) is 4.79 Å². The topological polar surface area (TPSA) is 36.1 Å². The zero-order valence-electron chi connectivity index (χ0n) is 11.7. The number of para-hydroxylation sites is 2. The number of hydrogen-bond donors (Lipinski definition) is 1. The molecule has 3 aromatic rings. The highest BCUT2D eigenvalue weighted by atomic mass is 16.2. The van der Waals surface area contributed by atoms with Crippen LogP contribution in [0.4, 0.5) is 5.69 Å². The molecule has 1 aromatic heterocycles. The smallest absolute Gasteiger partial charge is 0.274 e. The summed E-state index contributed by atoms with van der Waals surface area (Å²) >= 11 is 0. The van der Waals surface area contributed by atoms with Crippen LogP contribution in [0.5, 0.6) is 0 Å². The molecule has 0 atom stereocenters. The van der Waals surface area contributed by atoms with Crippen molar-refractivity contribution in [2.75, 3.05) is 11.4 Å². The second kappa shape index (κ2) is 4.77. The van der Waals surface area contributed by atoms with Crippen LogP contribution in [0, 0.1) is 0 Å². The van der Waals surface area contributed by atoms with E-state index in [0.29, 0.717) is 5.69 Å². The van der Waals surface area contributed by atoms with Gasteiger partial charge in [0, 0.05) is 23.1 Å². The maximum atomic E-state index is 12.8. The number of aromatic amines is 1. The molecule has 2 aromatic carbocycles. The summed E-state index contributed by atoms with van der Waals surface area (Å²) in [7, 11) is 0. The van der Waals surface area contributed by atoms with Crippen molar-refractivity contribution in [3.63, 3.8) is 0 Å². The average molecular weight is 276 g/mol. The molecule has 0 radical (unpaired) electrons. The summed E-state index contributed by atoms with van der Waals surface area (Å²) in [5.41, 5.74) is 3.97. The van der Waals surface area contributed by atoms with E-state index in [-0.39, 0.29) is 5.91 Å². The van der Waals surface area contributed by atoms with E-state index < -0.39 is 0 Å². The number of anilines is 1. The number of amides is 1. The molecule has 1 N–H and O–H groups in total. The number of aryl methyl sites for hydroxylation is 1. The molecule has 0 spiro atoms. The highest BCUT2D eigenvalue weighted by Crippen LogP contribution is 2.28. The predicted molar refractivity (Wildman–Crippen MR) is 84.7 cm³/mol. The third-order valence-electron chi connectivity index (χ3n) is 4.12. The first-order valence-electron chi connectivity index (χ1n) is 7.30. The Labute approximate surface area is 123 Å². The fourth-order valence-corrected chi connectivity index (χ4v) is 3.08.